The van der Waals surface area contributed by atoms with Crippen LogP contribution in [0.15, 0.2) is 10.6 Å². The highest BCUT2D eigenvalue weighted by Crippen LogP contribution is 2.27. The molecule has 0 spiro atoms. The number of nitrogens with zero attached hydrogens (tertiary/aromatic N) is 2. The molecule has 2 heterocycles. The second-order valence-electron chi connectivity index (χ2n) is 6.47. The number of nitrogens with one attached hydrogen (secondary N) is 1. The van der Waals surface area contributed by atoms with Crippen LogP contribution in [0.3, 0.4) is 0 Å². The van der Waals surface area contributed by atoms with E-state index >= 15 is 0 Å². The summed E-state index contributed by atoms with van der Waals surface area (Å²) in [7, 11) is 0. The summed E-state index contributed by atoms with van der Waals surface area (Å²) in [4.78, 5) is 17.1. The lowest BCUT2D eigenvalue weighted by Gasteiger charge is -2.30. The van der Waals surface area contributed by atoms with Gasteiger partial charge in [-0.3, -0.25) is 4.79 Å². The number of aryl methyl sites for hydroxylation is 2. The first-order chi connectivity index (χ1) is 11.1. The minimum atomic E-state index is -0.118. The number of aromatic nitrogens is 2. The Bertz CT molecular complexity index is 710. The van der Waals surface area contributed by atoms with E-state index in [1.165, 1.54) is 19.3 Å². The average molecular weight is 353 g/mol. The monoisotopic (exact) mass is 352 g/mol. The smallest absolute Gasteiger partial charge is 0.258 e. The maximum atomic E-state index is 12.8. The van der Waals surface area contributed by atoms with Crippen molar-refractivity contribution < 1.29 is 9.32 Å². The van der Waals surface area contributed by atoms with E-state index < -0.39 is 0 Å². The van der Waals surface area contributed by atoms with Crippen LogP contribution >= 0.6 is 12.4 Å². The molecule has 0 saturated heterocycles. The van der Waals surface area contributed by atoms with Crippen molar-refractivity contribution >= 4 is 29.4 Å². The van der Waals surface area contributed by atoms with Gasteiger partial charge >= 0.3 is 0 Å². The highest BCUT2D eigenvalue weighted by atomic mass is 35.5. The Morgan fingerprint density at radius 3 is 2.75 bits per heavy atom. The quantitative estimate of drug-likeness (QED) is 0.882. The van der Waals surface area contributed by atoms with Gasteiger partial charge in [0.15, 0.2) is 0 Å². The maximum absolute atomic E-state index is 12.8. The Morgan fingerprint density at radius 1 is 1.38 bits per heavy atom. The van der Waals surface area contributed by atoms with Gasteiger partial charge in [-0.2, -0.15) is 0 Å². The highest BCUT2D eigenvalue weighted by Gasteiger charge is 2.26. The van der Waals surface area contributed by atoms with Gasteiger partial charge in [0.1, 0.15) is 0 Å². The van der Waals surface area contributed by atoms with E-state index in [1.807, 2.05) is 13.8 Å². The van der Waals surface area contributed by atoms with Crippen LogP contribution in [0.5, 0.6) is 0 Å². The van der Waals surface area contributed by atoms with Crippen molar-refractivity contribution in [3.8, 4) is 0 Å². The molecule has 2 aromatic heterocycles. The van der Waals surface area contributed by atoms with E-state index in [4.69, 9.17) is 10.3 Å². The van der Waals surface area contributed by atoms with Gasteiger partial charge in [0.2, 0.25) is 0 Å². The molecular weight excluding hydrogens is 328 g/mol. The van der Waals surface area contributed by atoms with Crippen LogP contribution in [0.25, 0.3) is 11.1 Å². The number of nitrogens with two attached hydrogens (primary N) is 1. The Labute approximate surface area is 148 Å². The van der Waals surface area contributed by atoms with Gasteiger partial charge in [-0.05, 0) is 38.7 Å². The Kier molecular flexibility index (Phi) is 6.18. The minimum Gasteiger partial charge on any atom is -0.348 e. The topological polar surface area (TPSA) is 94.0 Å². The summed E-state index contributed by atoms with van der Waals surface area (Å²) in [6, 6.07) is 1.81. The summed E-state index contributed by atoms with van der Waals surface area (Å²) in [6.07, 6.45) is 6.01. The second-order valence-corrected chi connectivity index (χ2v) is 6.47. The van der Waals surface area contributed by atoms with E-state index in [0.717, 1.165) is 18.5 Å². The molecule has 1 aliphatic rings. The largest absolute Gasteiger partial charge is 0.348 e. The van der Waals surface area contributed by atoms with Gasteiger partial charge in [-0.25, -0.2) is 4.98 Å². The molecule has 132 valence electrons. The molecule has 3 N–H and O–H groups in total. The fraction of sp³-hybridized carbons (Fsp3) is 0.588. The van der Waals surface area contributed by atoms with E-state index in [0.29, 0.717) is 34.8 Å². The SMILES string of the molecule is Cc1cc(C(=O)NC(CN)C2CCCCC2)c2c(C)noc2n1.Cl. The Hall–Kier alpha value is -1.66. The van der Waals surface area contributed by atoms with Crippen molar-refractivity contribution in [3.63, 3.8) is 0 Å². The predicted octanol–water partition coefficient (Wildman–Crippen LogP) is 2.90. The zero-order valence-electron chi connectivity index (χ0n) is 14.2. The molecule has 1 saturated carbocycles. The first-order valence-corrected chi connectivity index (χ1v) is 8.34. The number of rotatable bonds is 4. The zero-order chi connectivity index (χ0) is 16.4. The number of fused-ring (bicyclic) bond motifs is 1. The molecule has 2 aromatic rings. The van der Waals surface area contributed by atoms with Crippen LogP contribution in [-0.2, 0) is 0 Å². The molecule has 3 rings (SSSR count). The molecule has 0 aromatic carbocycles. The number of hydrogen-bond donors (Lipinski definition) is 2. The van der Waals surface area contributed by atoms with Gasteiger partial charge in [0.25, 0.3) is 11.6 Å². The fourth-order valence-corrected chi connectivity index (χ4v) is 3.55. The predicted molar refractivity (Wildman–Crippen MR) is 95.4 cm³/mol. The number of carbonyl (C=O) groups excluding carboxylic acids is 1. The molecule has 1 unspecified atom stereocenters. The zero-order valence-corrected chi connectivity index (χ0v) is 15.0. The Balaban J connectivity index is 0.00000208. The molecule has 1 aliphatic carbocycles. The third kappa shape index (κ3) is 3.70. The molecule has 6 nitrogen and oxygen atoms in total. The molecule has 24 heavy (non-hydrogen) atoms. The molecule has 7 heteroatoms. The van der Waals surface area contributed by atoms with E-state index in [2.05, 4.69) is 15.5 Å². The van der Waals surface area contributed by atoms with Crippen molar-refractivity contribution in [1.82, 2.24) is 15.5 Å². The fourth-order valence-electron chi connectivity index (χ4n) is 3.55. The summed E-state index contributed by atoms with van der Waals surface area (Å²) in [5, 5.41) is 7.74. The molecule has 0 radical (unpaired) electrons. The Morgan fingerprint density at radius 2 is 2.08 bits per heavy atom. The van der Waals surface area contributed by atoms with Gasteiger partial charge < -0.3 is 15.6 Å². The van der Waals surface area contributed by atoms with E-state index in [-0.39, 0.29) is 24.4 Å². The van der Waals surface area contributed by atoms with Crippen LogP contribution in [-0.4, -0.2) is 28.6 Å². The van der Waals surface area contributed by atoms with Crippen molar-refractivity contribution in [2.75, 3.05) is 6.54 Å². The van der Waals surface area contributed by atoms with Gasteiger partial charge in [-0.15, -0.1) is 12.4 Å². The molecule has 0 bridgehead atoms. The van der Waals surface area contributed by atoms with Crippen LogP contribution in [0.2, 0.25) is 0 Å². The first-order valence-electron chi connectivity index (χ1n) is 8.34. The lowest BCUT2D eigenvalue weighted by Crippen LogP contribution is -2.46. The lowest BCUT2D eigenvalue weighted by atomic mass is 9.84. The summed E-state index contributed by atoms with van der Waals surface area (Å²) < 4.78 is 5.20. The summed E-state index contributed by atoms with van der Waals surface area (Å²) in [5.74, 6) is 0.354. The minimum absolute atomic E-state index is 0. The van der Waals surface area contributed by atoms with Crippen LogP contribution < -0.4 is 11.1 Å². The molecule has 1 atom stereocenters. The number of pyridine rings is 1. The standard InChI is InChI=1S/C17H24N4O2.ClH/c1-10-8-13(15-11(2)21-23-17(15)19-10)16(22)20-14(9-18)12-6-4-3-5-7-12;/h8,12,14H,3-7,9,18H2,1-2H3,(H,20,22);1H. The molecule has 1 amide bonds. The van der Waals surface area contributed by atoms with Gasteiger partial charge in [-0.1, -0.05) is 24.4 Å². The van der Waals surface area contributed by atoms with Crippen LogP contribution in [0.1, 0.15) is 53.8 Å². The highest BCUT2D eigenvalue weighted by molar-refractivity contribution is 6.06. The number of amides is 1. The summed E-state index contributed by atoms with van der Waals surface area (Å²) in [6.45, 7) is 4.13. The van der Waals surface area contributed by atoms with Crippen LogP contribution in [0.4, 0.5) is 0 Å². The number of carbonyl (C=O) groups is 1. The van der Waals surface area contributed by atoms with Crippen molar-refractivity contribution in [1.29, 1.82) is 0 Å². The third-order valence-corrected chi connectivity index (χ3v) is 4.78. The summed E-state index contributed by atoms with van der Waals surface area (Å²) >= 11 is 0. The summed E-state index contributed by atoms with van der Waals surface area (Å²) in [5.41, 5.74) is 8.32. The lowest BCUT2D eigenvalue weighted by molar-refractivity contribution is 0.0917. The second kappa shape index (κ2) is 7.94. The van der Waals surface area contributed by atoms with E-state index in [1.54, 1.807) is 6.07 Å². The third-order valence-electron chi connectivity index (χ3n) is 4.78. The van der Waals surface area contributed by atoms with Crippen molar-refractivity contribution in [2.45, 2.75) is 52.0 Å². The van der Waals surface area contributed by atoms with E-state index in [9.17, 15) is 4.79 Å². The maximum Gasteiger partial charge on any atom is 0.258 e. The van der Waals surface area contributed by atoms with Crippen molar-refractivity contribution in [2.24, 2.45) is 11.7 Å². The average Bonchev–Trinajstić information content (AvgIpc) is 2.93. The molecule has 0 aliphatic heterocycles. The molecule has 1 fully saturated rings. The van der Waals surface area contributed by atoms with Crippen LogP contribution in [0, 0.1) is 19.8 Å². The normalized spacial score (nSPS) is 16.6. The van der Waals surface area contributed by atoms with Crippen molar-refractivity contribution in [3.05, 3.63) is 23.0 Å². The molecular formula is C17H25ClN4O2. The number of halogens is 1. The first kappa shape index (κ1) is 18.7. The van der Waals surface area contributed by atoms with Gasteiger partial charge in [0.05, 0.1) is 16.6 Å². The van der Waals surface area contributed by atoms with Gasteiger partial charge in [0, 0.05) is 18.3 Å². The number of hydrogen-bond acceptors (Lipinski definition) is 5.